The lowest BCUT2D eigenvalue weighted by atomic mass is 9.86. The maximum atomic E-state index is 14.5. The molecule has 2 aromatic rings. The summed E-state index contributed by atoms with van der Waals surface area (Å²) in [7, 11) is 0. The van der Waals surface area contributed by atoms with Crippen LogP contribution in [0, 0.1) is 18.8 Å². The van der Waals surface area contributed by atoms with E-state index in [1.165, 1.54) is 0 Å². The maximum absolute atomic E-state index is 14.5. The van der Waals surface area contributed by atoms with Gasteiger partial charge in [0.05, 0.1) is 17.6 Å². The first-order valence-corrected chi connectivity index (χ1v) is 6.46. The number of rotatable bonds is 1. The quantitative estimate of drug-likeness (QED) is 0.782. The summed E-state index contributed by atoms with van der Waals surface area (Å²) in [6, 6.07) is 0. The number of aromatic nitrogens is 3. The van der Waals surface area contributed by atoms with Crippen LogP contribution in [-0.4, -0.2) is 14.4 Å². The van der Waals surface area contributed by atoms with Gasteiger partial charge in [-0.2, -0.15) is 0 Å². The molecule has 4 heteroatoms. The first-order chi connectivity index (χ1) is 9.09. The van der Waals surface area contributed by atoms with Crippen molar-refractivity contribution in [2.45, 2.75) is 20.8 Å². The van der Waals surface area contributed by atoms with Crippen LogP contribution in [-0.2, 0) is 0 Å². The zero-order valence-electron chi connectivity index (χ0n) is 11.3. The molecule has 0 amide bonds. The second kappa shape index (κ2) is 4.30. The number of allylic oxidation sites excluding steroid dienone is 4. The molecule has 19 heavy (non-hydrogen) atoms. The Kier molecular flexibility index (Phi) is 2.73. The predicted molar refractivity (Wildman–Crippen MR) is 73.2 cm³/mol. The molecule has 0 N–H and O–H groups in total. The first-order valence-electron chi connectivity index (χ1n) is 6.46. The second-order valence-electron chi connectivity index (χ2n) is 5.12. The Morgan fingerprint density at radius 2 is 2.05 bits per heavy atom. The molecule has 2 atom stereocenters. The fraction of sp³-hybridized carbons (Fsp3) is 0.333. The number of halogens is 1. The highest BCUT2D eigenvalue weighted by atomic mass is 19.1. The van der Waals surface area contributed by atoms with Gasteiger partial charge in [0, 0.05) is 23.9 Å². The zero-order valence-corrected chi connectivity index (χ0v) is 11.3. The molecule has 0 aromatic carbocycles. The molecule has 1 aliphatic rings. The zero-order chi connectivity index (χ0) is 13.6. The van der Waals surface area contributed by atoms with E-state index in [0.29, 0.717) is 5.57 Å². The van der Waals surface area contributed by atoms with Crippen LogP contribution in [0.4, 0.5) is 4.39 Å². The number of nitrogens with zero attached hydrogens (tertiary/aromatic N) is 3. The summed E-state index contributed by atoms with van der Waals surface area (Å²) in [6.07, 6.45) is 9.16. The van der Waals surface area contributed by atoms with E-state index in [4.69, 9.17) is 0 Å². The van der Waals surface area contributed by atoms with Crippen LogP contribution < -0.4 is 0 Å². The molecule has 0 radical (unpaired) electrons. The molecule has 0 fully saturated rings. The van der Waals surface area contributed by atoms with Crippen LogP contribution in [0.25, 0.3) is 11.2 Å². The Morgan fingerprint density at radius 1 is 1.26 bits per heavy atom. The van der Waals surface area contributed by atoms with E-state index in [9.17, 15) is 4.39 Å². The van der Waals surface area contributed by atoms with Crippen LogP contribution in [0.15, 0.2) is 36.6 Å². The highest BCUT2D eigenvalue weighted by Crippen LogP contribution is 2.35. The van der Waals surface area contributed by atoms with Crippen LogP contribution in [0.2, 0.25) is 0 Å². The van der Waals surface area contributed by atoms with Crippen molar-refractivity contribution < 1.29 is 4.39 Å². The van der Waals surface area contributed by atoms with Crippen molar-refractivity contribution >= 4 is 11.2 Å². The average molecular weight is 257 g/mol. The van der Waals surface area contributed by atoms with Gasteiger partial charge in [-0.05, 0) is 12.8 Å². The highest BCUT2D eigenvalue weighted by Gasteiger charge is 2.24. The molecule has 0 bridgehead atoms. The van der Waals surface area contributed by atoms with Gasteiger partial charge in [-0.1, -0.05) is 26.0 Å². The third-order valence-electron chi connectivity index (χ3n) is 3.89. The van der Waals surface area contributed by atoms with E-state index in [0.717, 1.165) is 17.0 Å². The Morgan fingerprint density at radius 3 is 2.84 bits per heavy atom. The molecule has 3 nitrogen and oxygen atoms in total. The monoisotopic (exact) mass is 257 g/mol. The van der Waals surface area contributed by atoms with E-state index >= 15 is 0 Å². The minimum absolute atomic E-state index is 0.0636. The molecule has 0 saturated heterocycles. The van der Waals surface area contributed by atoms with E-state index in [1.54, 1.807) is 12.4 Å². The molecule has 0 saturated carbocycles. The van der Waals surface area contributed by atoms with E-state index < -0.39 is 0 Å². The maximum Gasteiger partial charge on any atom is 0.158 e. The van der Waals surface area contributed by atoms with Crippen LogP contribution >= 0.6 is 0 Å². The number of imidazole rings is 1. The Balaban J connectivity index is 2.21. The van der Waals surface area contributed by atoms with Gasteiger partial charge >= 0.3 is 0 Å². The molecule has 3 rings (SSSR count). The van der Waals surface area contributed by atoms with Crippen molar-refractivity contribution in [3.05, 3.63) is 48.0 Å². The summed E-state index contributed by atoms with van der Waals surface area (Å²) < 4.78 is 16.3. The molecule has 2 aromatic heterocycles. The molecule has 0 spiro atoms. The number of aryl methyl sites for hydroxylation is 1. The predicted octanol–water partition coefficient (Wildman–Crippen LogP) is 3.56. The van der Waals surface area contributed by atoms with Gasteiger partial charge in [0.1, 0.15) is 5.83 Å². The van der Waals surface area contributed by atoms with E-state index in [2.05, 4.69) is 16.0 Å². The highest BCUT2D eigenvalue weighted by molar-refractivity contribution is 5.76. The lowest BCUT2D eigenvalue weighted by Crippen LogP contribution is -2.11. The van der Waals surface area contributed by atoms with Crippen LogP contribution in [0.3, 0.4) is 0 Å². The van der Waals surface area contributed by atoms with Gasteiger partial charge in [-0.3, -0.25) is 9.38 Å². The van der Waals surface area contributed by atoms with E-state index in [1.807, 2.05) is 37.4 Å². The standard InChI is InChI=1S/C15H16FN3/c1-9-4-5-12(14(16)10(9)2)13-8-18-15-11(3)17-6-7-19(13)15/h4-10H,1-3H3. The van der Waals surface area contributed by atoms with Crippen molar-refractivity contribution in [1.29, 1.82) is 0 Å². The fourth-order valence-corrected chi connectivity index (χ4v) is 2.43. The summed E-state index contributed by atoms with van der Waals surface area (Å²) >= 11 is 0. The van der Waals surface area contributed by atoms with Gasteiger partial charge in [0.25, 0.3) is 0 Å². The third-order valence-corrected chi connectivity index (χ3v) is 3.89. The van der Waals surface area contributed by atoms with Gasteiger partial charge in [0.2, 0.25) is 0 Å². The van der Waals surface area contributed by atoms with Crippen molar-refractivity contribution in [2.75, 3.05) is 0 Å². The Labute approximate surface area is 111 Å². The summed E-state index contributed by atoms with van der Waals surface area (Å²) in [4.78, 5) is 8.54. The molecular formula is C15H16FN3. The molecule has 2 unspecified atom stereocenters. The topological polar surface area (TPSA) is 30.2 Å². The Bertz CT molecular complexity index is 696. The fourth-order valence-electron chi connectivity index (χ4n) is 2.43. The van der Waals surface area contributed by atoms with Gasteiger partial charge in [-0.25, -0.2) is 9.37 Å². The summed E-state index contributed by atoms with van der Waals surface area (Å²) in [5.41, 5.74) is 3.03. The van der Waals surface area contributed by atoms with Gasteiger partial charge in [0.15, 0.2) is 5.65 Å². The smallest absolute Gasteiger partial charge is 0.158 e. The molecular weight excluding hydrogens is 241 g/mol. The van der Waals surface area contributed by atoms with Gasteiger partial charge in [-0.15, -0.1) is 0 Å². The van der Waals surface area contributed by atoms with E-state index in [-0.39, 0.29) is 17.7 Å². The summed E-state index contributed by atoms with van der Waals surface area (Å²) in [5, 5.41) is 0. The average Bonchev–Trinajstić information content (AvgIpc) is 2.82. The molecule has 2 heterocycles. The number of fused-ring (bicyclic) bond motifs is 1. The second-order valence-corrected chi connectivity index (χ2v) is 5.12. The minimum Gasteiger partial charge on any atom is -0.297 e. The normalized spacial score (nSPS) is 23.4. The van der Waals surface area contributed by atoms with Crippen molar-refractivity contribution in [3.63, 3.8) is 0 Å². The summed E-state index contributed by atoms with van der Waals surface area (Å²) in [5.74, 6) is 0.0751. The van der Waals surface area contributed by atoms with Crippen molar-refractivity contribution in [2.24, 2.45) is 11.8 Å². The van der Waals surface area contributed by atoms with Gasteiger partial charge < -0.3 is 0 Å². The molecule has 1 aliphatic carbocycles. The molecule has 98 valence electrons. The Hall–Kier alpha value is -1.97. The van der Waals surface area contributed by atoms with Crippen LogP contribution in [0.5, 0.6) is 0 Å². The lowest BCUT2D eigenvalue weighted by molar-refractivity contribution is 0.420. The minimum atomic E-state index is -0.0894. The third kappa shape index (κ3) is 1.79. The number of hydrogen-bond acceptors (Lipinski definition) is 2. The van der Waals surface area contributed by atoms with Crippen molar-refractivity contribution in [3.8, 4) is 0 Å². The SMILES string of the molecule is Cc1nccn2c(C3=C(F)C(C)C(C)C=C3)cnc12. The first kappa shape index (κ1) is 12.1. The largest absolute Gasteiger partial charge is 0.297 e. The van der Waals surface area contributed by atoms with Crippen molar-refractivity contribution in [1.82, 2.24) is 14.4 Å². The summed E-state index contributed by atoms with van der Waals surface area (Å²) in [6.45, 7) is 5.85. The lowest BCUT2D eigenvalue weighted by Gasteiger charge is -2.21. The van der Waals surface area contributed by atoms with Crippen LogP contribution in [0.1, 0.15) is 25.2 Å². The number of hydrogen-bond donors (Lipinski definition) is 0. The molecule has 0 aliphatic heterocycles.